The number of carbonyl (C=O) groups is 1. The molecule has 8 heteroatoms. The maximum Gasteiger partial charge on any atom is 0.221 e. The number of halogens is 2. The van der Waals surface area contributed by atoms with Crippen LogP contribution in [0.3, 0.4) is 0 Å². The molecule has 2 rings (SSSR count). The smallest absolute Gasteiger partial charge is 0.221 e. The van der Waals surface area contributed by atoms with Crippen LogP contribution in [0.2, 0.25) is 0 Å². The zero-order valence-corrected chi connectivity index (χ0v) is 21.2. The summed E-state index contributed by atoms with van der Waals surface area (Å²) < 4.78 is 1.11. The Kier molecular flexibility index (Phi) is 11.4. The second-order valence-corrected chi connectivity index (χ2v) is 8.11. The van der Waals surface area contributed by atoms with Crippen molar-refractivity contribution in [1.29, 1.82) is 0 Å². The molecule has 1 fully saturated rings. The van der Waals surface area contributed by atoms with E-state index in [2.05, 4.69) is 72.5 Å². The molecule has 0 bridgehead atoms. The number of guanidine groups is 1. The van der Waals surface area contributed by atoms with Crippen molar-refractivity contribution in [2.45, 2.75) is 39.3 Å². The summed E-state index contributed by atoms with van der Waals surface area (Å²) in [6, 6.07) is 9.15. The van der Waals surface area contributed by atoms with Crippen LogP contribution in [-0.4, -0.2) is 67.5 Å². The third kappa shape index (κ3) is 7.87. The van der Waals surface area contributed by atoms with E-state index in [-0.39, 0.29) is 35.9 Å². The molecule has 0 radical (unpaired) electrons. The molecule has 0 saturated carbocycles. The molecule has 6 nitrogen and oxygen atoms in total. The second-order valence-electron chi connectivity index (χ2n) is 7.20. The van der Waals surface area contributed by atoms with Gasteiger partial charge in [0.05, 0.1) is 0 Å². The van der Waals surface area contributed by atoms with Gasteiger partial charge in [-0.2, -0.15) is 0 Å². The molecular formula is C20H33BrIN5O. The Balaban J connectivity index is 0.00000392. The quantitative estimate of drug-likeness (QED) is 0.316. The molecule has 1 unspecified atom stereocenters. The predicted molar refractivity (Wildman–Crippen MR) is 130 cm³/mol. The van der Waals surface area contributed by atoms with Gasteiger partial charge in [-0.1, -0.05) is 28.1 Å². The molecular weight excluding hydrogens is 533 g/mol. The summed E-state index contributed by atoms with van der Waals surface area (Å²) in [6.07, 6.45) is 0.456. The van der Waals surface area contributed by atoms with Crippen molar-refractivity contribution in [3.05, 3.63) is 34.3 Å². The molecule has 1 aliphatic rings. The van der Waals surface area contributed by atoms with E-state index in [0.29, 0.717) is 19.0 Å². The van der Waals surface area contributed by atoms with Crippen LogP contribution in [0.1, 0.15) is 38.8 Å². The summed E-state index contributed by atoms with van der Waals surface area (Å²) in [6.45, 7) is 10.6. The summed E-state index contributed by atoms with van der Waals surface area (Å²) in [4.78, 5) is 20.9. The first-order chi connectivity index (χ1) is 12.9. The number of benzene rings is 1. The Morgan fingerprint density at radius 3 is 2.29 bits per heavy atom. The van der Waals surface area contributed by atoms with E-state index in [9.17, 15) is 4.79 Å². The van der Waals surface area contributed by atoms with Gasteiger partial charge < -0.3 is 15.5 Å². The standard InChI is InChI=1S/C20H32BrN5O.HI/c1-15(2)24-19(27)9-10-23-20(22-4)26-13-11-25(12-14-26)16(3)17-5-7-18(21)8-6-17;/h5-8,15-16H,9-14H2,1-4H3,(H,22,23)(H,24,27);1H. The minimum Gasteiger partial charge on any atom is -0.356 e. The van der Waals surface area contributed by atoms with Crippen LogP contribution >= 0.6 is 39.9 Å². The monoisotopic (exact) mass is 565 g/mol. The Morgan fingerprint density at radius 1 is 1.14 bits per heavy atom. The number of carbonyl (C=O) groups excluding carboxylic acids is 1. The molecule has 1 aromatic rings. The fourth-order valence-electron chi connectivity index (χ4n) is 3.29. The lowest BCUT2D eigenvalue weighted by atomic mass is 10.1. The number of hydrogen-bond acceptors (Lipinski definition) is 3. The maximum atomic E-state index is 11.8. The minimum absolute atomic E-state index is 0. The first kappa shape index (κ1) is 25.2. The van der Waals surface area contributed by atoms with Gasteiger partial charge in [-0.25, -0.2) is 0 Å². The number of piperazine rings is 1. The Hall–Kier alpha value is -0.870. The molecule has 0 aromatic heterocycles. The highest BCUT2D eigenvalue weighted by Crippen LogP contribution is 2.23. The van der Waals surface area contributed by atoms with Crippen LogP contribution in [0.15, 0.2) is 33.7 Å². The van der Waals surface area contributed by atoms with Gasteiger partial charge in [-0.15, -0.1) is 24.0 Å². The van der Waals surface area contributed by atoms with Gasteiger partial charge in [0, 0.05) is 62.7 Å². The number of rotatable bonds is 6. The van der Waals surface area contributed by atoms with Crippen LogP contribution in [0.4, 0.5) is 0 Å². The highest BCUT2D eigenvalue weighted by Gasteiger charge is 2.23. The Labute approximate surface area is 194 Å². The van der Waals surface area contributed by atoms with E-state index < -0.39 is 0 Å². The van der Waals surface area contributed by atoms with Crippen LogP contribution in [-0.2, 0) is 4.79 Å². The van der Waals surface area contributed by atoms with Gasteiger partial charge in [0.15, 0.2) is 5.96 Å². The number of nitrogens with zero attached hydrogens (tertiary/aromatic N) is 3. The number of hydrogen-bond donors (Lipinski definition) is 2. The van der Waals surface area contributed by atoms with E-state index in [1.807, 2.05) is 13.8 Å². The average Bonchev–Trinajstić information content (AvgIpc) is 2.65. The summed E-state index contributed by atoms with van der Waals surface area (Å²) in [7, 11) is 1.80. The number of nitrogens with one attached hydrogen (secondary N) is 2. The summed E-state index contributed by atoms with van der Waals surface area (Å²) in [5, 5.41) is 6.23. The lowest BCUT2D eigenvalue weighted by molar-refractivity contribution is -0.121. The van der Waals surface area contributed by atoms with E-state index in [4.69, 9.17) is 0 Å². The molecule has 0 aliphatic carbocycles. The van der Waals surface area contributed by atoms with E-state index >= 15 is 0 Å². The zero-order chi connectivity index (χ0) is 19.8. The molecule has 28 heavy (non-hydrogen) atoms. The van der Waals surface area contributed by atoms with Crippen molar-refractivity contribution in [3.8, 4) is 0 Å². The van der Waals surface area contributed by atoms with Gasteiger partial charge in [0.2, 0.25) is 5.91 Å². The molecule has 0 spiro atoms. The van der Waals surface area contributed by atoms with Gasteiger partial charge >= 0.3 is 0 Å². The Morgan fingerprint density at radius 2 is 1.75 bits per heavy atom. The number of amides is 1. The van der Waals surface area contributed by atoms with Gasteiger partial charge in [0.25, 0.3) is 0 Å². The highest BCUT2D eigenvalue weighted by molar-refractivity contribution is 14.0. The summed E-state index contributed by atoms with van der Waals surface area (Å²) in [5.74, 6) is 0.949. The van der Waals surface area contributed by atoms with Crippen molar-refractivity contribution in [2.75, 3.05) is 39.8 Å². The minimum atomic E-state index is 0. The highest BCUT2D eigenvalue weighted by atomic mass is 127. The third-order valence-electron chi connectivity index (χ3n) is 4.81. The van der Waals surface area contributed by atoms with Gasteiger partial charge in [-0.3, -0.25) is 14.7 Å². The van der Waals surface area contributed by atoms with Crippen LogP contribution in [0.25, 0.3) is 0 Å². The SMILES string of the molecule is CN=C(NCCC(=O)NC(C)C)N1CCN(C(C)c2ccc(Br)cc2)CC1.I. The molecule has 1 aliphatic heterocycles. The average molecular weight is 566 g/mol. The largest absolute Gasteiger partial charge is 0.356 e. The lowest BCUT2D eigenvalue weighted by Gasteiger charge is -2.39. The molecule has 1 atom stereocenters. The predicted octanol–water partition coefficient (Wildman–Crippen LogP) is 3.24. The van der Waals surface area contributed by atoms with Crippen molar-refractivity contribution in [3.63, 3.8) is 0 Å². The molecule has 1 aromatic carbocycles. The second kappa shape index (κ2) is 12.6. The maximum absolute atomic E-state index is 11.8. The van der Waals surface area contributed by atoms with Crippen LogP contribution in [0.5, 0.6) is 0 Å². The molecule has 158 valence electrons. The molecule has 1 amide bonds. The zero-order valence-electron chi connectivity index (χ0n) is 17.2. The first-order valence-corrected chi connectivity index (χ1v) is 10.4. The molecule has 2 N–H and O–H groups in total. The van der Waals surface area contributed by atoms with Gasteiger partial charge in [0.1, 0.15) is 0 Å². The van der Waals surface area contributed by atoms with Crippen LogP contribution in [0, 0.1) is 0 Å². The van der Waals surface area contributed by atoms with E-state index in [1.54, 1.807) is 7.05 Å². The Bertz CT molecular complexity index is 630. The first-order valence-electron chi connectivity index (χ1n) is 9.65. The topological polar surface area (TPSA) is 60.0 Å². The molecule has 1 heterocycles. The fourth-order valence-corrected chi connectivity index (χ4v) is 3.55. The molecule has 1 saturated heterocycles. The van der Waals surface area contributed by atoms with Gasteiger partial charge in [-0.05, 0) is 38.5 Å². The van der Waals surface area contributed by atoms with Crippen molar-refractivity contribution in [1.82, 2.24) is 20.4 Å². The van der Waals surface area contributed by atoms with Crippen LogP contribution < -0.4 is 10.6 Å². The normalized spacial score (nSPS) is 16.5. The number of aliphatic imine (C=N–C) groups is 1. The van der Waals surface area contributed by atoms with E-state index in [0.717, 1.165) is 36.6 Å². The summed E-state index contributed by atoms with van der Waals surface area (Å²) in [5.41, 5.74) is 1.34. The third-order valence-corrected chi connectivity index (χ3v) is 5.34. The summed E-state index contributed by atoms with van der Waals surface area (Å²) >= 11 is 3.50. The van der Waals surface area contributed by atoms with Crippen molar-refractivity contribution < 1.29 is 4.79 Å². The van der Waals surface area contributed by atoms with E-state index in [1.165, 1.54) is 5.56 Å². The lowest BCUT2D eigenvalue weighted by Crippen LogP contribution is -2.53. The van der Waals surface area contributed by atoms with Crippen molar-refractivity contribution in [2.24, 2.45) is 4.99 Å². The van der Waals surface area contributed by atoms with Crippen molar-refractivity contribution >= 4 is 51.8 Å². The fraction of sp³-hybridized carbons (Fsp3) is 0.600.